The van der Waals surface area contributed by atoms with Gasteiger partial charge >= 0.3 is 0 Å². The fourth-order valence-electron chi connectivity index (χ4n) is 3.97. The van der Waals surface area contributed by atoms with Crippen LogP contribution >= 0.6 is 69.6 Å². The summed E-state index contributed by atoms with van der Waals surface area (Å²) >= 11 is 37.2. The van der Waals surface area contributed by atoms with Crippen molar-refractivity contribution in [2.45, 2.75) is 10.3 Å². The standard InChI is InChI=1S/C24H15Cl6FN2O2/c25-13-1-4-20(19(31)8-13)33-22(35)17-9-16(2-3-18(17)28)32-10-23(11-34)21(24(23,29)30)12-5-14(26)7-15(27)6-12/h1-9,11,21,32H,10H2,(H,33,35). The van der Waals surface area contributed by atoms with Crippen LogP contribution < -0.4 is 10.6 Å². The minimum atomic E-state index is -1.41. The van der Waals surface area contributed by atoms with Gasteiger partial charge in [-0.15, -0.1) is 0 Å². The van der Waals surface area contributed by atoms with Crippen molar-refractivity contribution in [1.82, 2.24) is 0 Å². The fraction of sp³-hybridized carbons (Fsp3) is 0.167. The Morgan fingerprint density at radius 3 is 2.26 bits per heavy atom. The number of aldehydes is 1. The predicted molar refractivity (Wildman–Crippen MR) is 141 cm³/mol. The van der Waals surface area contributed by atoms with Gasteiger partial charge in [-0.1, -0.05) is 69.6 Å². The number of anilines is 2. The van der Waals surface area contributed by atoms with E-state index in [2.05, 4.69) is 10.6 Å². The highest BCUT2D eigenvalue weighted by Gasteiger charge is 2.76. The SMILES string of the molecule is O=CC1(CNc2ccc(Cl)c(C(=O)Nc3ccc(Cl)cc3F)c2)C(c2cc(Cl)cc(Cl)c2)C1(Cl)Cl. The first kappa shape index (κ1) is 26.3. The van der Waals surface area contributed by atoms with E-state index in [0.29, 0.717) is 27.6 Å². The molecule has 1 aliphatic rings. The molecule has 0 saturated heterocycles. The summed E-state index contributed by atoms with van der Waals surface area (Å²) in [4.78, 5) is 24.9. The van der Waals surface area contributed by atoms with Crippen molar-refractivity contribution in [3.63, 3.8) is 0 Å². The second-order valence-corrected chi connectivity index (χ2v) is 11.1. The summed E-state index contributed by atoms with van der Waals surface area (Å²) in [7, 11) is 0. The van der Waals surface area contributed by atoms with Gasteiger partial charge in [0.05, 0.1) is 21.7 Å². The van der Waals surface area contributed by atoms with E-state index in [9.17, 15) is 14.0 Å². The molecule has 0 bridgehead atoms. The molecule has 4 nitrogen and oxygen atoms in total. The number of benzene rings is 3. The van der Waals surface area contributed by atoms with Gasteiger partial charge in [0.25, 0.3) is 5.91 Å². The molecule has 1 saturated carbocycles. The number of alkyl halides is 2. The van der Waals surface area contributed by atoms with Crippen LogP contribution in [-0.2, 0) is 4.79 Å². The van der Waals surface area contributed by atoms with Crippen LogP contribution in [0.5, 0.6) is 0 Å². The highest BCUT2D eigenvalue weighted by atomic mass is 35.5. The van der Waals surface area contributed by atoms with Gasteiger partial charge in [-0.3, -0.25) is 4.79 Å². The Kier molecular flexibility index (Phi) is 7.50. The third kappa shape index (κ3) is 5.08. The summed E-state index contributed by atoms with van der Waals surface area (Å²) in [5, 5.41) is 6.68. The number of carbonyl (C=O) groups is 2. The maximum Gasteiger partial charge on any atom is 0.257 e. The summed E-state index contributed by atoms with van der Waals surface area (Å²) in [6.07, 6.45) is 0.701. The molecule has 1 amide bonds. The molecular weight excluding hydrogens is 580 g/mol. The van der Waals surface area contributed by atoms with Crippen LogP contribution in [0.15, 0.2) is 54.6 Å². The number of hydrogen-bond acceptors (Lipinski definition) is 3. The van der Waals surface area contributed by atoms with E-state index in [0.717, 1.165) is 6.07 Å². The molecular formula is C24H15Cl6FN2O2. The molecule has 0 heterocycles. The summed E-state index contributed by atoms with van der Waals surface area (Å²) in [6, 6.07) is 13.3. The molecule has 0 spiro atoms. The second-order valence-electron chi connectivity index (χ2n) is 8.04. The van der Waals surface area contributed by atoms with Crippen molar-refractivity contribution in [3.8, 4) is 0 Å². The lowest BCUT2D eigenvalue weighted by Gasteiger charge is -2.15. The molecule has 35 heavy (non-hydrogen) atoms. The molecule has 3 aromatic rings. The number of nitrogens with one attached hydrogen (secondary N) is 2. The van der Waals surface area contributed by atoms with Crippen LogP contribution in [0.3, 0.4) is 0 Å². The number of amides is 1. The number of halogens is 7. The van der Waals surface area contributed by atoms with Crippen LogP contribution in [0.1, 0.15) is 21.8 Å². The van der Waals surface area contributed by atoms with Gasteiger partial charge in [-0.25, -0.2) is 4.39 Å². The topological polar surface area (TPSA) is 58.2 Å². The van der Waals surface area contributed by atoms with Gasteiger partial charge in [0.1, 0.15) is 16.4 Å². The van der Waals surface area contributed by atoms with E-state index in [-0.39, 0.29) is 27.8 Å². The molecule has 0 radical (unpaired) electrons. The second kappa shape index (κ2) is 9.97. The fourth-order valence-corrected chi connectivity index (χ4v) is 5.85. The molecule has 4 rings (SSSR count). The molecule has 1 fully saturated rings. The zero-order valence-electron chi connectivity index (χ0n) is 17.5. The normalized spacial score (nSPS) is 20.3. The first-order valence-corrected chi connectivity index (χ1v) is 12.4. The van der Waals surface area contributed by atoms with E-state index in [1.165, 1.54) is 24.3 Å². The third-order valence-corrected chi connectivity index (χ3v) is 7.96. The molecule has 0 aromatic heterocycles. The van der Waals surface area contributed by atoms with E-state index < -0.39 is 27.4 Å². The maximum atomic E-state index is 14.1. The number of rotatable bonds is 7. The van der Waals surface area contributed by atoms with Crippen LogP contribution in [0.2, 0.25) is 20.1 Å². The zero-order valence-corrected chi connectivity index (χ0v) is 22.1. The molecule has 3 aromatic carbocycles. The highest BCUT2D eigenvalue weighted by molar-refractivity contribution is 6.54. The Balaban J connectivity index is 1.54. The quantitative estimate of drug-likeness (QED) is 0.214. The lowest BCUT2D eigenvalue weighted by Crippen LogP contribution is -2.23. The smallest absolute Gasteiger partial charge is 0.257 e. The predicted octanol–water partition coefficient (Wildman–Crippen LogP) is 8.26. The molecule has 2 N–H and O–H groups in total. The summed E-state index contributed by atoms with van der Waals surface area (Å²) in [6.45, 7) is 0.0484. The van der Waals surface area contributed by atoms with Gasteiger partial charge in [0.2, 0.25) is 0 Å². The molecule has 1 aliphatic carbocycles. The van der Waals surface area contributed by atoms with Crippen LogP contribution in [0.4, 0.5) is 15.8 Å². The van der Waals surface area contributed by atoms with Gasteiger partial charge in [0.15, 0.2) is 0 Å². The van der Waals surface area contributed by atoms with Gasteiger partial charge < -0.3 is 15.4 Å². The number of hydrogen-bond donors (Lipinski definition) is 2. The number of carbonyl (C=O) groups excluding carboxylic acids is 2. The molecule has 0 aliphatic heterocycles. The van der Waals surface area contributed by atoms with E-state index in [1.54, 1.807) is 24.3 Å². The van der Waals surface area contributed by atoms with Gasteiger partial charge in [-0.2, -0.15) is 0 Å². The minimum absolute atomic E-state index is 0.0484. The largest absolute Gasteiger partial charge is 0.384 e. The first-order valence-electron chi connectivity index (χ1n) is 10.1. The van der Waals surface area contributed by atoms with Crippen molar-refractivity contribution >= 4 is 93.2 Å². The summed E-state index contributed by atoms with van der Waals surface area (Å²) < 4.78 is 12.7. The molecule has 11 heteroatoms. The minimum Gasteiger partial charge on any atom is -0.384 e. The molecule has 2 unspecified atom stereocenters. The van der Waals surface area contributed by atoms with E-state index in [1.807, 2.05) is 0 Å². The van der Waals surface area contributed by atoms with Crippen molar-refractivity contribution in [3.05, 3.63) is 91.6 Å². The van der Waals surface area contributed by atoms with E-state index >= 15 is 0 Å². The highest BCUT2D eigenvalue weighted by Crippen LogP contribution is 2.73. The van der Waals surface area contributed by atoms with Crippen LogP contribution in [-0.4, -0.2) is 23.1 Å². The lowest BCUT2D eigenvalue weighted by molar-refractivity contribution is -0.112. The molecule has 182 valence electrons. The van der Waals surface area contributed by atoms with Gasteiger partial charge in [-0.05, 0) is 60.2 Å². The third-order valence-electron chi connectivity index (χ3n) is 5.82. The maximum absolute atomic E-state index is 14.1. The van der Waals surface area contributed by atoms with Crippen molar-refractivity contribution < 1.29 is 14.0 Å². The van der Waals surface area contributed by atoms with Gasteiger partial charge in [0, 0.05) is 33.2 Å². The Morgan fingerprint density at radius 2 is 1.63 bits per heavy atom. The first-order chi connectivity index (χ1) is 16.5. The Labute approximate surface area is 230 Å². The Hall–Kier alpha value is -1.73. The van der Waals surface area contributed by atoms with Crippen molar-refractivity contribution in [2.24, 2.45) is 5.41 Å². The van der Waals surface area contributed by atoms with Crippen molar-refractivity contribution in [1.29, 1.82) is 0 Å². The summed E-state index contributed by atoms with van der Waals surface area (Å²) in [5.74, 6) is -1.89. The average molecular weight is 595 g/mol. The lowest BCUT2D eigenvalue weighted by atomic mass is 10.00. The summed E-state index contributed by atoms with van der Waals surface area (Å²) in [5.41, 5.74) is -0.0516. The monoisotopic (exact) mass is 592 g/mol. The van der Waals surface area contributed by atoms with Crippen LogP contribution in [0.25, 0.3) is 0 Å². The average Bonchev–Trinajstić information content (AvgIpc) is 3.29. The Morgan fingerprint density at radius 1 is 0.943 bits per heavy atom. The van der Waals surface area contributed by atoms with Crippen LogP contribution in [0, 0.1) is 11.2 Å². The zero-order chi connectivity index (χ0) is 25.5. The Bertz CT molecular complexity index is 1320. The van der Waals surface area contributed by atoms with Crippen molar-refractivity contribution in [2.75, 3.05) is 17.2 Å². The molecule has 2 atom stereocenters. The van der Waals surface area contributed by atoms with E-state index in [4.69, 9.17) is 69.6 Å².